The number of nitrogens with zero attached hydrogens (tertiary/aromatic N) is 3. The van der Waals surface area contributed by atoms with Crippen molar-refractivity contribution in [2.24, 2.45) is 7.05 Å². The van der Waals surface area contributed by atoms with Crippen molar-refractivity contribution >= 4 is 17.6 Å². The van der Waals surface area contributed by atoms with Gasteiger partial charge in [-0.25, -0.2) is 0 Å². The number of aromatic nitrogens is 2. The summed E-state index contributed by atoms with van der Waals surface area (Å²) >= 11 is 0. The predicted molar refractivity (Wildman–Crippen MR) is 87.4 cm³/mol. The number of hydrogen-bond acceptors (Lipinski definition) is 3. The Morgan fingerprint density at radius 3 is 2.39 bits per heavy atom. The topological polar surface area (TPSA) is 75.4 Å². The minimum atomic E-state index is -1.03. The number of para-hydroxylation sites is 1. The lowest BCUT2D eigenvalue weighted by molar-refractivity contribution is -0.136. The largest absolute Gasteiger partial charge is 0.480 e. The number of hydrogen-bond donors (Lipinski definition) is 1. The van der Waals surface area contributed by atoms with Gasteiger partial charge in [0.2, 0.25) is 5.91 Å². The molecule has 0 fully saturated rings. The van der Waals surface area contributed by atoms with Gasteiger partial charge in [-0.3, -0.25) is 14.3 Å². The highest BCUT2D eigenvalue weighted by Gasteiger charge is 2.20. The van der Waals surface area contributed by atoms with E-state index >= 15 is 0 Å². The van der Waals surface area contributed by atoms with E-state index in [1.165, 1.54) is 4.90 Å². The molecule has 0 saturated carbocycles. The number of aliphatic carboxylic acids is 1. The van der Waals surface area contributed by atoms with Gasteiger partial charge in [0.1, 0.15) is 6.54 Å². The Bertz CT molecular complexity index is 707. The molecule has 23 heavy (non-hydrogen) atoms. The van der Waals surface area contributed by atoms with Crippen LogP contribution >= 0.6 is 0 Å². The quantitative estimate of drug-likeness (QED) is 0.885. The summed E-state index contributed by atoms with van der Waals surface area (Å²) in [6.07, 6.45) is 0.794. The fourth-order valence-electron chi connectivity index (χ4n) is 2.61. The summed E-state index contributed by atoms with van der Waals surface area (Å²) in [5.41, 5.74) is 3.57. The molecule has 0 unspecified atom stereocenters. The lowest BCUT2D eigenvalue weighted by Crippen LogP contribution is -2.35. The molecule has 1 aromatic heterocycles. The molecule has 0 aliphatic heterocycles. The van der Waals surface area contributed by atoms with Crippen LogP contribution in [-0.2, 0) is 23.1 Å². The molecule has 1 N–H and O–H groups in total. The molecule has 0 bridgehead atoms. The van der Waals surface area contributed by atoms with Gasteiger partial charge in [0.15, 0.2) is 0 Å². The van der Waals surface area contributed by atoms with Gasteiger partial charge in [0.25, 0.3) is 0 Å². The Kier molecular flexibility index (Phi) is 5.16. The molecule has 0 aliphatic rings. The molecule has 1 heterocycles. The van der Waals surface area contributed by atoms with Gasteiger partial charge in [-0.1, -0.05) is 18.2 Å². The van der Waals surface area contributed by atoms with Crippen molar-refractivity contribution in [1.82, 2.24) is 9.78 Å². The van der Waals surface area contributed by atoms with Crippen molar-refractivity contribution in [2.45, 2.75) is 26.7 Å². The van der Waals surface area contributed by atoms with Gasteiger partial charge in [-0.2, -0.15) is 5.10 Å². The number of aryl methyl sites for hydroxylation is 2. The second-order valence-corrected chi connectivity index (χ2v) is 5.48. The van der Waals surface area contributed by atoms with E-state index in [2.05, 4.69) is 5.10 Å². The maximum absolute atomic E-state index is 12.5. The number of carbonyl (C=O) groups is 2. The number of carbonyl (C=O) groups excluding carboxylic acids is 1. The van der Waals surface area contributed by atoms with E-state index in [0.717, 1.165) is 17.0 Å². The molecule has 0 spiro atoms. The lowest BCUT2D eigenvalue weighted by atomic mass is 10.1. The number of carboxylic acids is 1. The second-order valence-electron chi connectivity index (χ2n) is 5.48. The van der Waals surface area contributed by atoms with Crippen LogP contribution in [0.1, 0.15) is 23.4 Å². The van der Waals surface area contributed by atoms with Crippen LogP contribution in [0.15, 0.2) is 30.3 Å². The summed E-state index contributed by atoms with van der Waals surface area (Å²) in [5.74, 6) is -1.24. The van der Waals surface area contributed by atoms with Crippen molar-refractivity contribution in [1.29, 1.82) is 0 Å². The second kappa shape index (κ2) is 7.09. The zero-order valence-electron chi connectivity index (χ0n) is 13.6. The highest BCUT2D eigenvalue weighted by Crippen LogP contribution is 2.18. The van der Waals surface area contributed by atoms with Crippen molar-refractivity contribution in [3.63, 3.8) is 0 Å². The fourth-order valence-corrected chi connectivity index (χ4v) is 2.61. The highest BCUT2D eigenvalue weighted by atomic mass is 16.4. The van der Waals surface area contributed by atoms with Crippen molar-refractivity contribution in [3.05, 3.63) is 47.3 Å². The third-order valence-electron chi connectivity index (χ3n) is 3.91. The summed E-state index contributed by atoms with van der Waals surface area (Å²) in [6.45, 7) is 3.54. The fraction of sp³-hybridized carbons (Fsp3) is 0.353. The summed E-state index contributed by atoms with van der Waals surface area (Å²) in [4.78, 5) is 24.9. The Balaban J connectivity index is 2.13. The van der Waals surface area contributed by atoms with E-state index in [0.29, 0.717) is 12.1 Å². The van der Waals surface area contributed by atoms with Crippen LogP contribution < -0.4 is 4.90 Å². The predicted octanol–water partition coefficient (Wildman–Crippen LogP) is 2.09. The average molecular weight is 315 g/mol. The van der Waals surface area contributed by atoms with Gasteiger partial charge >= 0.3 is 5.97 Å². The zero-order chi connectivity index (χ0) is 17.0. The first-order chi connectivity index (χ1) is 10.9. The molecule has 1 aromatic carbocycles. The van der Waals surface area contributed by atoms with E-state index in [-0.39, 0.29) is 18.9 Å². The van der Waals surface area contributed by atoms with Gasteiger partial charge in [0.05, 0.1) is 5.69 Å². The van der Waals surface area contributed by atoms with E-state index in [1.54, 1.807) is 28.9 Å². The molecule has 0 atom stereocenters. The summed E-state index contributed by atoms with van der Waals surface area (Å²) in [6, 6.07) is 8.87. The molecule has 2 aromatic rings. The van der Waals surface area contributed by atoms with Crippen LogP contribution in [0.2, 0.25) is 0 Å². The monoisotopic (exact) mass is 315 g/mol. The van der Waals surface area contributed by atoms with E-state index < -0.39 is 5.97 Å². The van der Waals surface area contributed by atoms with Crippen molar-refractivity contribution in [3.8, 4) is 0 Å². The molecule has 6 heteroatoms. The lowest BCUT2D eigenvalue weighted by Gasteiger charge is -2.21. The number of amides is 1. The summed E-state index contributed by atoms with van der Waals surface area (Å²) in [7, 11) is 1.87. The van der Waals surface area contributed by atoms with Crippen molar-refractivity contribution in [2.75, 3.05) is 11.4 Å². The standard InChI is InChI=1S/C17H21N3O3/c1-12-15(13(2)19(3)18-12)9-10-16(21)20(11-17(22)23)14-7-5-4-6-8-14/h4-8H,9-11H2,1-3H3,(H,22,23). The molecule has 6 nitrogen and oxygen atoms in total. The SMILES string of the molecule is Cc1nn(C)c(C)c1CCC(=O)N(CC(=O)O)c1ccccc1. The smallest absolute Gasteiger partial charge is 0.323 e. The maximum Gasteiger partial charge on any atom is 0.323 e. The number of rotatable bonds is 6. The summed E-state index contributed by atoms with van der Waals surface area (Å²) in [5, 5.41) is 13.4. The van der Waals surface area contributed by atoms with Gasteiger partial charge in [-0.15, -0.1) is 0 Å². The molecule has 122 valence electrons. The molecular weight excluding hydrogens is 294 g/mol. The average Bonchev–Trinajstić information content (AvgIpc) is 2.76. The maximum atomic E-state index is 12.5. The first kappa shape index (κ1) is 16.7. The van der Waals surface area contributed by atoms with Crippen LogP contribution in [0.5, 0.6) is 0 Å². The number of benzene rings is 1. The molecular formula is C17H21N3O3. The Morgan fingerprint density at radius 1 is 1.22 bits per heavy atom. The third-order valence-corrected chi connectivity index (χ3v) is 3.91. The molecule has 0 aliphatic carbocycles. The number of anilines is 1. The Labute approximate surface area is 135 Å². The van der Waals surface area contributed by atoms with Gasteiger partial charge in [0, 0.05) is 24.8 Å². The van der Waals surface area contributed by atoms with Crippen LogP contribution in [0, 0.1) is 13.8 Å². The first-order valence-corrected chi connectivity index (χ1v) is 7.46. The van der Waals surface area contributed by atoms with Crippen LogP contribution in [0.4, 0.5) is 5.69 Å². The molecule has 2 rings (SSSR count). The zero-order valence-corrected chi connectivity index (χ0v) is 13.6. The molecule has 0 radical (unpaired) electrons. The van der Waals surface area contributed by atoms with Crippen LogP contribution in [-0.4, -0.2) is 33.3 Å². The van der Waals surface area contributed by atoms with Crippen molar-refractivity contribution < 1.29 is 14.7 Å². The van der Waals surface area contributed by atoms with Crippen LogP contribution in [0.3, 0.4) is 0 Å². The molecule has 1 amide bonds. The third kappa shape index (κ3) is 3.97. The molecule has 0 saturated heterocycles. The highest BCUT2D eigenvalue weighted by molar-refractivity contribution is 5.97. The minimum Gasteiger partial charge on any atom is -0.480 e. The minimum absolute atomic E-state index is 0.207. The number of carboxylic acid groups (broad SMARTS) is 1. The van der Waals surface area contributed by atoms with Gasteiger partial charge in [-0.05, 0) is 38.0 Å². The summed E-state index contributed by atoms with van der Waals surface area (Å²) < 4.78 is 1.79. The van der Waals surface area contributed by atoms with E-state index in [9.17, 15) is 9.59 Å². The van der Waals surface area contributed by atoms with Crippen LogP contribution in [0.25, 0.3) is 0 Å². The Hall–Kier alpha value is -2.63. The van der Waals surface area contributed by atoms with E-state index in [4.69, 9.17) is 5.11 Å². The van der Waals surface area contributed by atoms with Gasteiger partial charge < -0.3 is 10.0 Å². The first-order valence-electron chi connectivity index (χ1n) is 7.46. The van der Waals surface area contributed by atoms with E-state index in [1.807, 2.05) is 27.0 Å². The normalized spacial score (nSPS) is 10.6. The Morgan fingerprint density at radius 2 is 1.87 bits per heavy atom.